The Kier molecular flexibility index (Phi) is 4.45. The largest absolute Gasteiger partial charge is 0.481 e. The summed E-state index contributed by atoms with van der Waals surface area (Å²) in [6.07, 6.45) is 0.983. The number of rotatable bonds is 1. The number of nitrogens with one attached hydrogen (secondary N) is 1. The van der Waals surface area contributed by atoms with Gasteiger partial charge in [-0.1, -0.05) is 6.92 Å². The molecule has 0 aromatic carbocycles. The van der Waals surface area contributed by atoms with Crippen molar-refractivity contribution in [1.82, 2.24) is 5.32 Å². The molecule has 0 aliphatic carbocycles. The van der Waals surface area contributed by atoms with E-state index in [9.17, 15) is 4.79 Å². The van der Waals surface area contributed by atoms with Crippen LogP contribution in [-0.2, 0) is 4.79 Å². The molecule has 0 radical (unpaired) electrons. The van der Waals surface area contributed by atoms with E-state index >= 15 is 0 Å². The Morgan fingerprint density at radius 3 is 2.64 bits per heavy atom. The lowest BCUT2D eigenvalue weighted by molar-refractivity contribution is -0.143. The molecule has 2 N–H and O–H groups in total. The van der Waals surface area contributed by atoms with Crippen LogP contribution in [0.25, 0.3) is 0 Å². The number of aliphatic carboxylic acids is 1. The molecular weight excluding hydrogens is 166 g/mol. The van der Waals surface area contributed by atoms with Crippen LogP contribution in [0.1, 0.15) is 13.3 Å². The lowest BCUT2D eigenvalue weighted by Crippen LogP contribution is -2.39. The third kappa shape index (κ3) is 2.67. The molecule has 4 heteroatoms. The van der Waals surface area contributed by atoms with Gasteiger partial charge in [-0.2, -0.15) is 0 Å². The summed E-state index contributed by atoms with van der Waals surface area (Å²) >= 11 is 0. The molecule has 1 heterocycles. The van der Waals surface area contributed by atoms with Gasteiger partial charge in [0, 0.05) is 6.54 Å². The average molecular weight is 180 g/mol. The van der Waals surface area contributed by atoms with Gasteiger partial charge in [0.25, 0.3) is 0 Å². The Hall–Kier alpha value is -0.280. The van der Waals surface area contributed by atoms with Crippen LogP contribution in [0.5, 0.6) is 0 Å². The molecule has 1 fully saturated rings. The molecular formula is C7H14ClNO2. The van der Waals surface area contributed by atoms with Gasteiger partial charge in [-0.25, -0.2) is 0 Å². The first kappa shape index (κ1) is 10.7. The maximum atomic E-state index is 10.5. The van der Waals surface area contributed by atoms with Gasteiger partial charge in [-0.05, 0) is 18.9 Å². The quantitative estimate of drug-likeness (QED) is 0.624. The Bertz CT molecular complexity index is 140. The maximum Gasteiger partial charge on any atom is 0.308 e. The summed E-state index contributed by atoms with van der Waals surface area (Å²) in [7, 11) is 0. The van der Waals surface area contributed by atoms with E-state index in [1.807, 2.05) is 6.92 Å². The summed E-state index contributed by atoms with van der Waals surface area (Å²) in [6, 6.07) is 0. The fourth-order valence-corrected chi connectivity index (χ4v) is 1.32. The summed E-state index contributed by atoms with van der Waals surface area (Å²) in [6.45, 7) is 3.60. The van der Waals surface area contributed by atoms with Crippen LogP contribution in [0, 0.1) is 11.8 Å². The maximum absolute atomic E-state index is 10.5. The summed E-state index contributed by atoms with van der Waals surface area (Å²) in [4.78, 5) is 10.5. The number of piperidine rings is 1. The van der Waals surface area contributed by atoms with Gasteiger partial charge in [0.05, 0.1) is 5.92 Å². The molecule has 3 nitrogen and oxygen atoms in total. The van der Waals surface area contributed by atoms with E-state index < -0.39 is 5.97 Å². The Labute approximate surface area is 72.6 Å². The monoisotopic (exact) mass is 179 g/mol. The predicted molar refractivity (Wildman–Crippen MR) is 45.0 cm³/mol. The molecule has 0 unspecified atom stereocenters. The van der Waals surface area contributed by atoms with Gasteiger partial charge in [-0.15, -0.1) is 12.4 Å². The van der Waals surface area contributed by atoms with Crippen molar-refractivity contribution in [3.05, 3.63) is 0 Å². The van der Waals surface area contributed by atoms with Gasteiger partial charge in [0.1, 0.15) is 0 Å². The predicted octanol–water partition coefficient (Wildman–Crippen LogP) is 0.738. The summed E-state index contributed by atoms with van der Waals surface area (Å²) in [5, 5.41) is 11.7. The molecule has 0 amide bonds. The molecule has 0 bridgehead atoms. The highest BCUT2D eigenvalue weighted by molar-refractivity contribution is 5.85. The zero-order chi connectivity index (χ0) is 7.56. The smallest absolute Gasteiger partial charge is 0.308 e. The zero-order valence-electron chi connectivity index (χ0n) is 6.54. The first-order valence-corrected chi connectivity index (χ1v) is 3.65. The zero-order valence-corrected chi connectivity index (χ0v) is 7.36. The molecule has 0 spiro atoms. The molecule has 0 aromatic heterocycles. The number of halogens is 1. The summed E-state index contributed by atoms with van der Waals surface area (Å²) < 4.78 is 0. The van der Waals surface area contributed by atoms with Crippen molar-refractivity contribution in [3.8, 4) is 0 Å². The molecule has 2 atom stereocenters. The minimum absolute atomic E-state index is 0. The van der Waals surface area contributed by atoms with E-state index in [1.165, 1.54) is 0 Å². The molecule has 1 aliphatic rings. The molecule has 11 heavy (non-hydrogen) atoms. The van der Waals surface area contributed by atoms with E-state index in [0.717, 1.165) is 13.0 Å². The summed E-state index contributed by atoms with van der Waals surface area (Å²) in [5.74, 6) is -0.507. The van der Waals surface area contributed by atoms with Crippen LogP contribution >= 0.6 is 12.4 Å². The fraction of sp³-hybridized carbons (Fsp3) is 0.857. The van der Waals surface area contributed by atoms with Crippen LogP contribution in [0.15, 0.2) is 0 Å². The third-order valence-electron chi connectivity index (χ3n) is 2.14. The SMILES string of the molecule is C[C@H]1CCNC[C@H]1C(=O)O.Cl. The number of hydrogen-bond acceptors (Lipinski definition) is 2. The minimum atomic E-state index is -0.667. The van der Waals surface area contributed by atoms with E-state index in [0.29, 0.717) is 12.5 Å². The Morgan fingerprint density at radius 1 is 1.64 bits per heavy atom. The highest BCUT2D eigenvalue weighted by Crippen LogP contribution is 2.17. The van der Waals surface area contributed by atoms with Gasteiger partial charge in [0.15, 0.2) is 0 Å². The van der Waals surface area contributed by atoms with Crippen molar-refractivity contribution in [1.29, 1.82) is 0 Å². The van der Waals surface area contributed by atoms with Crippen LogP contribution in [0.4, 0.5) is 0 Å². The highest BCUT2D eigenvalue weighted by Gasteiger charge is 2.26. The van der Waals surface area contributed by atoms with Crippen molar-refractivity contribution in [2.24, 2.45) is 11.8 Å². The number of carbonyl (C=O) groups is 1. The van der Waals surface area contributed by atoms with Gasteiger partial charge >= 0.3 is 5.97 Å². The average Bonchev–Trinajstić information content (AvgIpc) is 1.88. The number of hydrogen-bond donors (Lipinski definition) is 2. The van der Waals surface area contributed by atoms with Crippen LogP contribution in [0.2, 0.25) is 0 Å². The lowest BCUT2D eigenvalue weighted by Gasteiger charge is -2.25. The van der Waals surface area contributed by atoms with Crippen molar-refractivity contribution >= 4 is 18.4 Å². The van der Waals surface area contributed by atoms with Gasteiger partial charge < -0.3 is 10.4 Å². The second-order valence-electron chi connectivity index (χ2n) is 2.91. The van der Waals surface area contributed by atoms with Crippen LogP contribution in [0.3, 0.4) is 0 Å². The molecule has 0 saturated carbocycles. The second-order valence-corrected chi connectivity index (χ2v) is 2.91. The standard InChI is InChI=1S/C7H13NO2.ClH/c1-5-2-3-8-4-6(5)7(9)10;/h5-6,8H,2-4H2,1H3,(H,9,10);1H/t5-,6+;/m0./s1. The highest BCUT2D eigenvalue weighted by atomic mass is 35.5. The first-order valence-electron chi connectivity index (χ1n) is 3.65. The van der Waals surface area contributed by atoms with Crippen molar-refractivity contribution < 1.29 is 9.90 Å². The molecule has 1 rings (SSSR count). The van der Waals surface area contributed by atoms with Crippen molar-refractivity contribution in [3.63, 3.8) is 0 Å². The Morgan fingerprint density at radius 2 is 2.27 bits per heavy atom. The number of carboxylic acid groups (broad SMARTS) is 1. The summed E-state index contributed by atoms with van der Waals surface area (Å²) in [5.41, 5.74) is 0. The minimum Gasteiger partial charge on any atom is -0.481 e. The van der Waals surface area contributed by atoms with Gasteiger partial charge in [-0.3, -0.25) is 4.79 Å². The topological polar surface area (TPSA) is 49.3 Å². The lowest BCUT2D eigenvalue weighted by atomic mass is 9.88. The van der Waals surface area contributed by atoms with Crippen LogP contribution in [-0.4, -0.2) is 24.2 Å². The third-order valence-corrected chi connectivity index (χ3v) is 2.14. The van der Waals surface area contributed by atoms with E-state index in [4.69, 9.17) is 5.11 Å². The number of carboxylic acids is 1. The van der Waals surface area contributed by atoms with Crippen LogP contribution < -0.4 is 5.32 Å². The fourth-order valence-electron chi connectivity index (χ4n) is 1.32. The second kappa shape index (κ2) is 4.57. The molecule has 66 valence electrons. The van der Waals surface area contributed by atoms with E-state index in [1.54, 1.807) is 0 Å². The van der Waals surface area contributed by atoms with E-state index in [2.05, 4.69) is 5.32 Å². The van der Waals surface area contributed by atoms with Gasteiger partial charge in [0.2, 0.25) is 0 Å². The molecule has 1 aliphatic heterocycles. The molecule has 1 saturated heterocycles. The normalized spacial score (nSPS) is 30.6. The Balaban J connectivity index is 0.000001000. The van der Waals surface area contributed by atoms with Crippen molar-refractivity contribution in [2.75, 3.05) is 13.1 Å². The van der Waals surface area contributed by atoms with Crippen molar-refractivity contribution in [2.45, 2.75) is 13.3 Å². The van der Waals surface area contributed by atoms with E-state index in [-0.39, 0.29) is 18.3 Å². The molecule has 0 aromatic rings. The first-order chi connectivity index (χ1) is 4.72.